The van der Waals surface area contributed by atoms with Gasteiger partial charge in [0.1, 0.15) is 6.54 Å². The first-order valence-electron chi connectivity index (χ1n) is 10.0. The van der Waals surface area contributed by atoms with Crippen molar-refractivity contribution < 1.29 is 24.0 Å². The number of nitrogens with zero attached hydrogens (tertiary/aromatic N) is 2. The van der Waals surface area contributed by atoms with E-state index < -0.39 is 17.1 Å². The molecule has 2 saturated heterocycles. The van der Waals surface area contributed by atoms with Crippen LogP contribution < -0.4 is 5.32 Å². The van der Waals surface area contributed by atoms with Crippen molar-refractivity contribution in [3.05, 3.63) is 53.0 Å². The van der Waals surface area contributed by atoms with Crippen LogP contribution in [0.5, 0.6) is 0 Å². The van der Waals surface area contributed by atoms with Crippen molar-refractivity contribution in [3.8, 4) is 0 Å². The Morgan fingerprint density at radius 2 is 1.65 bits per heavy atom. The number of rotatable bonds is 6. The largest absolute Gasteiger partial charge is 0.353 e. The fourth-order valence-electron chi connectivity index (χ4n) is 3.92. The molecular formula is C22H21N3O5S. The van der Waals surface area contributed by atoms with E-state index in [0.717, 1.165) is 27.1 Å². The van der Waals surface area contributed by atoms with Crippen LogP contribution >= 0.6 is 11.8 Å². The number of likely N-dealkylation sites (tertiary alicyclic amines) is 1. The van der Waals surface area contributed by atoms with E-state index in [2.05, 4.69) is 5.32 Å². The van der Waals surface area contributed by atoms with Gasteiger partial charge in [-0.15, -0.1) is 0 Å². The highest BCUT2D eigenvalue weighted by Gasteiger charge is 2.47. The summed E-state index contributed by atoms with van der Waals surface area (Å²) in [5, 5.41) is 2.19. The number of benzene rings is 1. The van der Waals surface area contributed by atoms with Gasteiger partial charge in [0, 0.05) is 13.1 Å². The van der Waals surface area contributed by atoms with Crippen molar-refractivity contribution in [3.63, 3.8) is 0 Å². The highest BCUT2D eigenvalue weighted by molar-refractivity contribution is 8.18. The van der Waals surface area contributed by atoms with Gasteiger partial charge in [-0.25, -0.2) is 0 Å². The molecular weight excluding hydrogens is 418 g/mol. The normalized spacial score (nSPS) is 24.3. The van der Waals surface area contributed by atoms with Gasteiger partial charge >= 0.3 is 0 Å². The number of fused-ring (bicyclic) bond motifs is 1. The van der Waals surface area contributed by atoms with E-state index >= 15 is 0 Å². The second-order valence-electron chi connectivity index (χ2n) is 7.51. The van der Waals surface area contributed by atoms with Crippen LogP contribution in [0.25, 0.3) is 6.08 Å². The highest BCUT2D eigenvalue weighted by Crippen LogP contribution is 2.35. The van der Waals surface area contributed by atoms with E-state index in [1.165, 1.54) is 0 Å². The zero-order chi connectivity index (χ0) is 22.0. The number of amides is 5. The standard InChI is InChI=1S/C22H21N3O5S/c26-18(13-25-19(27)15-8-4-5-9-16(15)20(25)28)23-10-11-24-21(29)17(31-22(24)30)12-14-6-2-1-3-7-14/h1-7,12,15-16H,8-11,13H2,(H,23,26). The molecule has 0 spiro atoms. The summed E-state index contributed by atoms with van der Waals surface area (Å²) in [6, 6.07) is 9.21. The number of hydrogen-bond acceptors (Lipinski definition) is 6. The minimum absolute atomic E-state index is 0.0135. The smallest absolute Gasteiger partial charge is 0.293 e. The van der Waals surface area contributed by atoms with Crippen LogP contribution in [0.1, 0.15) is 18.4 Å². The molecule has 2 fully saturated rings. The van der Waals surface area contributed by atoms with Gasteiger partial charge in [0.15, 0.2) is 0 Å². The fourth-order valence-corrected chi connectivity index (χ4v) is 4.79. The Bertz CT molecular complexity index is 978. The van der Waals surface area contributed by atoms with E-state index in [1.807, 2.05) is 42.5 Å². The molecule has 1 N–H and O–H groups in total. The molecule has 1 aliphatic carbocycles. The Morgan fingerprint density at radius 1 is 1.00 bits per heavy atom. The summed E-state index contributed by atoms with van der Waals surface area (Å²) in [5.74, 6) is -2.29. The fraction of sp³-hybridized carbons (Fsp3) is 0.318. The van der Waals surface area contributed by atoms with Gasteiger partial charge in [-0.2, -0.15) is 0 Å². The molecule has 2 heterocycles. The molecule has 9 heteroatoms. The molecule has 2 aliphatic heterocycles. The zero-order valence-electron chi connectivity index (χ0n) is 16.7. The average molecular weight is 439 g/mol. The Hall–Kier alpha value is -3.20. The minimum atomic E-state index is -0.500. The second-order valence-corrected chi connectivity index (χ2v) is 8.51. The van der Waals surface area contributed by atoms with Crippen molar-refractivity contribution in [2.24, 2.45) is 11.8 Å². The minimum Gasteiger partial charge on any atom is -0.353 e. The van der Waals surface area contributed by atoms with Crippen molar-refractivity contribution in [1.82, 2.24) is 15.1 Å². The van der Waals surface area contributed by atoms with E-state index in [9.17, 15) is 24.0 Å². The summed E-state index contributed by atoms with van der Waals surface area (Å²) in [5.41, 5.74) is 0.817. The molecule has 8 nitrogen and oxygen atoms in total. The van der Waals surface area contributed by atoms with Crippen LogP contribution in [-0.2, 0) is 19.2 Å². The average Bonchev–Trinajstić information content (AvgIpc) is 3.17. The SMILES string of the molecule is O=C(CN1C(=O)C2CC=CCC2C1=O)NCCN1C(=O)SC(=Cc2ccccc2)C1=O. The molecule has 0 bridgehead atoms. The van der Waals surface area contributed by atoms with Gasteiger partial charge in [0.2, 0.25) is 17.7 Å². The third-order valence-electron chi connectivity index (χ3n) is 5.53. The van der Waals surface area contributed by atoms with Crippen molar-refractivity contribution in [2.45, 2.75) is 12.8 Å². The predicted octanol–water partition coefficient (Wildman–Crippen LogP) is 1.79. The van der Waals surface area contributed by atoms with Crippen LogP contribution in [0.3, 0.4) is 0 Å². The topological polar surface area (TPSA) is 104 Å². The third-order valence-corrected chi connectivity index (χ3v) is 6.44. The molecule has 2 unspecified atom stereocenters. The first-order chi connectivity index (χ1) is 15.0. The van der Waals surface area contributed by atoms with Crippen molar-refractivity contribution >= 4 is 46.7 Å². The predicted molar refractivity (Wildman–Crippen MR) is 114 cm³/mol. The monoisotopic (exact) mass is 439 g/mol. The summed E-state index contributed by atoms with van der Waals surface area (Å²) in [4.78, 5) is 64.2. The summed E-state index contributed by atoms with van der Waals surface area (Å²) >= 11 is 0.856. The summed E-state index contributed by atoms with van der Waals surface area (Å²) < 4.78 is 0. The maximum Gasteiger partial charge on any atom is 0.293 e. The lowest BCUT2D eigenvalue weighted by Gasteiger charge is -2.16. The quantitative estimate of drug-likeness (QED) is 0.412. The molecule has 4 rings (SSSR count). The van der Waals surface area contributed by atoms with Gasteiger partial charge in [-0.05, 0) is 36.2 Å². The van der Waals surface area contributed by atoms with Crippen LogP contribution in [0.4, 0.5) is 4.79 Å². The lowest BCUT2D eigenvalue weighted by atomic mass is 9.85. The first-order valence-corrected chi connectivity index (χ1v) is 10.8. The number of nitrogens with one attached hydrogen (secondary N) is 1. The van der Waals surface area contributed by atoms with Crippen molar-refractivity contribution in [1.29, 1.82) is 0 Å². The van der Waals surface area contributed by atoms with Crippen LogP contribution in [0.15, 0.2) is 47.4 Å². The summed E-state index contributed by atoms with van der Waals surface area (Å²) in [7, 11) is 0. The van der Waals surface area contributed by atoms with E-state index in [4.69, 9.17) is 0 Å². The molecule has 1 aromatic rings. The Kier molecular flexibility index (Phi) is 6.03. The molecule has 0 saturated carbocycles. The van der Waals surface area contributed by atoms with E-state index in [0.29, 0.717) is 17.7 Å². The number of allylic oxidation sites excluding steroid dienone is 2. The number of thioether (sulfide) groups is 1. The van der Waals surface area contributed by atoms with Gasteiger partial charge in [0.25, 0.3) is 11.1 Å². The number of carbonyl (C=O) groups is 5. The maximum atomic E-state index is 12.5. The Balaban J connectivity index is 1.28. The lowest BCUT2D eigenvalue weighted by molar-refractivity contribution is -0.143. The molecule has 160 valence electrons. The molecule has 0 radical (unpaired) electrons. The van der Waals surface area contributed by atoms with Gasteiger partial charge in [-0.3, -0.25) is 33.8 Å². The molecule has 3 aliphatic rings. The number of hydrogen-bond donors (Lipinski definition) is 1. The second kappa shape index (κ2) is 8.89. The molecule has 31 heavy (non-hydrogen) atoms. The first kappa shape index (κ1) is 21.0. The molecule has 2 atom stereocenters. The van der Waals surface area contributed by atoms with E-state index in [1.54, 1.807) is 6.08 Å². The Morgan fingerprint density at radius 3 is 2.29 bits per heavy atom. The third kappa shape index (κ3) is 4.32. The van der Waals surface area contributed by atoms with Crippen LogP contribution in [0.2, 0.25) is 0 Å². The zero-order valence-corrected chi connectivity index (χ0v) is 17.5. The van der Waals surface area contributed by atoms with Gasteiger partial charge in [-0.1, -0.05) is 42.5 Å². The van der Waals surface area contributed by atoms with Crippen molar-refractivity contribution in [2.75, 3.05) is 19.6 Å². The number of carbonyl (C=O) groups excluding carboxylic acids is 5. The summed E-state index contributed by atoms with van der Waals surface area (Å²) in [6.45, 7) is -0.291. The maximum absolute atomic E-state index is 12.5. The summed E-state index contributed by atoms with van der Waals surface area (Å²) in [6.07, 6.45) is 6.46. The Labute approximate surface area is 183 Å². The highest BCUT2D eigenvalue weighted by atomic mass is 32.2. The number of imide groups is 2. The van der Waals surface area contributed by atoms with Crippen LogP contribution in [0, 0.1) is 11.8 Å². The molecule has 1 aromatic carbocycles. The lowest BCUT2D eigenvalue weighted by Crippen LogP contribution is -2.43. The van der Waals surface area contributed by atoms with Gasteiger partial charge < -0.3 is 5.32 Å². The molecule has 5 amide bonds. The molecule has 0 aromatic heterocycles. The van der Waals surface area contributed by atoms with Crippen LogP contribution in [-0.4, -0.2) is 58.3 Å². The van der Waals surface area contributed by atoms with Gasteiger partial charge in [0.05, 0.1) is 16.7 Å². The van der Waals surface area contributed by atoms with E-state index in [-0.39, 0.29) is 43.3 Å².